The summed E-state index contributed by atoms with van der Waals surface area (Å²) < 4.78 is 19.4. The maximum absolute atomic E-state index is 11.7. The van der Waals surface area contributed by atoms with Gasteiger partial charge in [-0.3, -0.25) is 0 Å². The molecule has 1 aliphatic carbocycles. The van der Waals surface area contributed by atoms with E-state index in [1.54, 1.807) is 17.0 Å². The summed E-state index contributed by atoms with van der Waals surface area (Å²) in [6.07, 6.45) is 5.68. The van der Waals surface area contributed by atoms with Gasteiger partial charge in [-0.25, -0.2) is 9.59 Å². The Morgan fingerprint density at radius 3 is 2.64 bits per heavy atom. The molecule has 3 heterocycles. The molecule has 8 nitrogen and oxygen atoms in total. The fraction of sp³-hybridized carbons (Fsp3) is 0.429. The second-order valence-electron chi connectivity index (χ2n) is 9.74. The van der Waals surface area contributed by atoms with Crippen molar-refractivity contribution in [3.05, 3.63) is 47.5 Å². The molecular weight excluding hydrogens is 460 g/mol. The Morgan fingerprint density at radius 1 is 1.03 bits per heavy atom. The Balaban J connectivity index is 1.39. The number of carboxylic acids is 1. The lowest BCUT2D eigenvalue weighted by Gasteiger charge is -2.23. The van der Waals surface area contributed by atoms with Gasteiger partial charge in [0.05, 0.1) is 30.9 Å². The molecule has 0 bridgehead atoms. The van der Waals surface area contributed by atoms with Gasteiger partial charge in [0.15, 0.2) is 0 Å². The van der Waals surface area contributed by atoms with Gasteiger partial charge in [-0.2, -0.15) is 0 Å². The van der Waals surface area contributed by atoms with Crippen molar-refractivity contribution in [2.75, 3.05) is 32.9 Å². The van der Waals surface area contributed by atoms with E-state index in [1.807, 2.05) is 18.2 Å². The number of ether oxygens (including phenoxy) is 3. The molecule has 0 radical (unpaired) electrons. The summed E-state index contributed by atoms with van der Waals surface area (Å²) in [7, 11) is 0. The number of carboxylic acid groups (broad SMARTS) is 1. The first-order chi connectivity index (χ1) is 17.6. The summed E-state index contributed by atoms with van der Waals surface area (Å²) in [5, 5.41) is 10.8. The van der Waals surface area contributed by atoms with E-state index >= 15 is 0 Å². The van der Waals surface area contributed by atoms with Crippen LogP contribution in [-0.2, 0) is 11.3 Å². The quantitative estimate of drug-likeness (QED) is 0.506. The molecule has 2 aliphatic heterocycles. The van der Waals surface area contributed by atoms with Crippen molar-refractivity contribution < 1.29 is 28.9 Å². The molecule has 0 unspecified atom stereocenters. The average molecular weight is 491 g/mol. The van der Waals surface area contributed by atoms with Crippen LogP contribution in [0.2, 0.25) is 0 Å². The number of rotatable bonds is 6. The second-order valence-corrected chi connectivity index (χ2v) is 9.74. The SMILES string of the molecule is O=C(O)c1ccc2c(C3CCCCC3)c3n(c2c1)CCOc1cc(OCCN2CCOC2=O)ccc1-3. The predicted octanol–water partition coefficient (Wildman–Crippen LogP) is 5.28. The average Bonchev–Trinajstić information content (AvgIpc) is 3.38. The Kier molecular flexibility index (Phi) is 5.95. The topological polar surface area (TPSA) is 90.2 Å². The summed E-state index contributed by atoms with van der Waals surface area (Å²) in [6, 6.07) is 11.4. The smallest absolute Gasteiger partial charge is 0.410 e. The number of cyclic esters (lactones) is 1. The summed E-state index contributed by atoms with van der Waals surface area (Å²) >= 11 is 0. The van der Waals surface area contributed by atoms with Crippen LogP contribution in [0, 0.1) is 0 Å². The Hall–Kier alpha value is -3.68. The van der Waals surface area contributed by atoms with Crippen molar-refractivity contribution in [1.29, 1.82) is 0 Å². The molecule has 1 amide bonds. The number of aromatic carboxylic acids is 1. The highest BCUT2D eigenvalue weighted by Gasteiger charge is 2.30. The number of amides is 1. The van der Waals surface area contributed by atoms with E-state index in [9.17, 15) is 14.7 Å². The molecule has 1 aromatic heterocycles. The van der Waals surface area contributed by atoms with Gasteiger partial charge in [0.2, 0.25) is 0 Å². The third-order valence-corrected chi connectivity index (χ3v) is 7.62. The summed E-state index contributed by atoms with van der Waals surface area (Å²) in [6.45, 7) is 2.99. The number of hydrogen-bond acceptors (Lipinski definition) is 5. The van der Waals surface area contributed by atoms with Crippen LogP contribution >= 0.6 is 0 Å². The molecule has 3 aromatic rings. The largest absolute Gasteiger partial charge is 0.492 e. The molecule has 0 atom stereocenters. The van der Waals surface area contributed by atoms with Gasteiger partial charge in [0.1, 0.15) is 31.3 Å². The number of fused-ring (bicyclic) bond motifs is 5. The van der Waals surface area contributed by atoms with Crippen LogP contribution in [0.25, 0.3) is 22.2 Å². The maximum Gasteiger partial charge on any atom is 0.410 e. The Bertz CT molecular complexity index is 1320. The third-order valence-electron chi connectivity index (χ3n) is 7.62. The lowest BCUT2D eigenvalue weighted by Crippen LogP contribution is -2.29. The monoisotopic (exact) mass is 490 g/mol. The van der Waals surface area contributed by atoms with Crippen molar-refractivity contribution in [3.8, 4) is 22.8 Å². The lowest BCUT2D eigenvalue weighted by atomic mass is 9.81. The first-order valence-electron chi connectivity index (χ1n) is 12.8. The van der Waals surface area contributed by atoms with Crippen LogP contribution in [0.3, 0.4) is 0 Å². The van der Waals surface area contributed by atoms with Crippen LogP contribution in [0.1, 0.15) is 53.9 Å². The van der Waals surface area contributed by atoms with Gasteiger partial charge < -0.3 is 28.8 Å². The number of hydrogen-bond donors (Lipinski definition) is 1. The lowest BCUT2D eigenvalue weighted by molar-refractivity contribution is 0.0697. The van der Waals surface area contributed by atoms with Gasteiger partial charge >= 0.3 is 12.1 Å². The predicted molar refractivity (Wildman–Crippen MR) is 134 cm³/mol. The van der Waals surface area contributed by atoms with E-state index in [4.69, 9.17) is 14.2 Å². The number of aromatic nitrogens is 1. The third kappa shape index (κ3) is 4.04. The molecule has 3 aliphatic rings. The standard InChI is InChI=1S/C28H30N2O6/c31-27(32)19-6-8-21-23(16-19)30-12-15-35-24-17-20(34-13-10-29-11-14-36-28(29)33)7-9-22(24)26(30)25(21)18-4-2-1-3-5-18/h6-9,16-18H,1-5,10-15H2,(H,31,32). The second kappa shape index (κ2) is 9.41. The van der Waals surface area contributed by atoms with Gasteiger partial charge in [-0.15, -0.1) is 0 Å². The van der Waals surface area contributed by atoms with Crippen LogP contribution in [-0.4, -0.2) is 59.5 Å². The van der Waals surface area contributed by atoms with Crippen LogP contribution in [0.5, 0.6) is 11.5 Å². The van der Waals surface area contributed by atoms with Crippen molar-refractivity contribution in [1.82, 2.24) is 9.47 Å². The fourth-order valence-electron chi connectivity index (χ4n) is 5.89. The van der Waals surface area contributed by atoms with E-state index in [0.29, 0.717) is 56.7 Å². The Labute approximate surface area is 209 Å². The fourth-order valence-corrected chi connectivity index (χ4v) is 5.89. The molecule has 2 aromatic carbocycles. The van der Waals surface area contributed by atoms with Crippen LogP contribution in [0.4, 0.5) is 4.79 Å². The van der Waals surface area contributed by atoms with Crippen LogP contribution < -0.4 is 9.47 Å². The van der Waals surface area contributed by atoms with Gasteiger partial charge in [0.25, 0.3) is 0 Å². The van der Waals surface area contributed by atoms with Gasteiger partial charge in [-0.1, -0.05) is 25.3 Å². The highest BCUT2D eigenvalue weighted by molar-refractivity contribution is 5.98. The normalized spacial score (nSPS) is 17.8. The van der Waals surface area contributed by atoms with E-state index in [-0.39, 0.29) is 6.09 Å². The zero-order valence-electron chi connectivity index (χ0n) is 20.2. The zero-order valence-corrected chi connectivity index (χ0v) is 20.2. The molecule has 6 rings (SSSR count). The van der Waals surface area contributed by atoms with Crippen molar-refractivity contribution in [2.45, 2.75) is 44.6 Å². The van der Waals surface area contributed by atoms with Gasteiger partial charge in [0, 0.05) is 22.5 Å². The molecule has 36 heavy (non-hydrogen) atoms. The zero-order chi connectivity index (χ0) is 24.6. The molecule has 8 heteroatoms. The molecule has 1 saturated carbocycles. The first-order valence-corrected chi connectivity index (χ1v) is 12.8. The van der Waals surface area contributed by atoms with E-state index in [0.717, 1.165) is 40.8 Å². The highest BCUT2D eigenvalue weighted by atomic mass is 16.6. The number of benzene rings is 2. The minimum Gasteiger partial charge on any atom is -0.492 e. The van der Waals surface area contributed by atoms with Crippen LogP contribution in [0.15, 0.2) is 36.4 Å². The molecule has 1 saturated heterocycles. The van der Waals surface area contributed by atoms with E-state index < -0.39 is 5.97 Å². The molecule has 188 valence electrons. The van der Waals surface area contributed by atoms with E-state index in [1.165, 1.54) is 24.8 Å². The Morgan fingerprint density at radius 2 is 1.86 bits per heavy atom. The highest BCUT2D eigenvalue weighted by Crippen LogP contribution is 2.47. The summed E-state index contributed by atoms with van der Waals surface area (Å²) in [5.41, 5.74) is 4.72. The van der Waals surface area contributed by atoms with Crippen molar-refractivity contribution in [2.24, 2.45) is 0 Å². The van der Waals surface area contributed by atoms with Crippen molar-refractivity contribution in [3.63, 3.8) is 0 Å². The maximum atomic E-state index is 11.7. The summed E-state index contributed by atoms with van der Waals surface area (Å²) in [4.78, 5) is 25.0. The minimum absolute atomic E-state index is 0.294. The first kappa shape index (κ1) is 22.8. The summed E-state index contributed by atoms with van der Waals surface area (Å²) in [5.74, 6) is 0.986. The number of nitrogens with zero attached hydrogens (tertiary/aromatic N) is 2. The molecule has 0 spiro atoms. The minimum atomic E-state index is -0.916. The van der Waals surface area contributed by atoms with E-state index in [2.05, 4.69) is 10.6 Å². The van der Waals surface area contributed by atoms with Gasteiger partial charge in [-0.05, 0) is 48.6 Å². The number of carbonyl (C=O) groups is 2. The van der Waals surface area contributed by atoms with Crippen molar-refractivity contribution >= 4 is 23.0 Å². The molecular formula is C28H30N2O6. The molecule has 2 fully saturated rings. The molecule has 1 N–H and O–H groups in total. The number of carbonyl (C=O) groups excluding carboxylic acids is 1.